The number of ether oxygens (including phenoxy) is 1. The van der Waals surface area contributed by atoms with Crippen molar-refractivity contribution in [1.82, 2.24) is 9.80 Å². The van der Waals surface area contributed by atoms with E-state index in [1.807, 2.05) is 0 Å². The average molecular weight is 329 g/mol. The Morgan fingerprint density at radius 2 is 1.77 bits per heavy atom. The third kappa shape index (κ3) is 6.03. The van der Waals surface area contributed by atoms with Gasteiger partial charge in [-0.25, -0.2) is 0 Å². The molecule has 0 unspecified atom stereocenters. The van der Waals surface area contributed by atoms with Crippen LogP contribution in [0.3, 0.4) is 0 Å². The van der Waals surface area contributed by atoms with Gasteiger partial charge in [-0.05, 0) is 37.1 Å². The van der Waals surface area contributed by atoms with Gasteiger partial charge in [0.1, 0.15) is 0 Å². The number of likely N-dealkylation sites (N-methyl/N-ethyl adjacent to an activating group) is 1. The highest BCUT2D eigenvalue weighted by atomic mass is 32.1. The zero-order chi connectivity index (χ0) is 16.2. The highest BCUT2D eigenvalue weighted by Gasteiger charge is 2.32. The molecule has 130 valence electrons. The third-order valence-electron chi connectivity index (χ3n) is 5.25. The molecule has 2 fully saturated rings. The quantitative estimate of drug-likeness (QED) is 0.754. The Morgan fingerprint density at radius 1 is 1.14 bits per heavy atom. The summed E-state index contributed by atoms with van der Waals surface area (Å²) in [5.41, 5.74) is 0.435. The summed E-state index contributed by atoms with van der Waals surface area (Å²) in [6.07, 6.45) is 4.19. The molecule has 2 aliphatic rings. The van der Waals surface area contributed by atoms with Gasteiger partial charge in [0.05, 0.1) is 12.7 Å². The van der Waals surface area contributed by atoms with Crippen LogP contribution in [0, 0.1) is 11.3 Å². The molecule has 0 bridgehead atoms. The maximum absolute atomic E-state index is 6.22. The van der Waals surface area contributed by atoms with Crippen molar-refractivity contribution in [2.24, 2.45) is 11.3 Å². The van der Waals surface area contributed by atoms with Gasteiger partial charge in [0, 0.05) is 38.0 Å². The maximum atomic E-state index is 6.22. The molecule has 0 radical (unpaired) electrons. The maximum Gasteiger partial charge on any atom is 0.0598 e. The number of hydrogen-bond donors (Lipinski definition) is 1. The van der Waals surface area contributed by atoms with Crippen LogP contribution in [0.1, 0.15) is 47.0 Å². The lowest BCUT2D eigenvalue weighted by Crippen LogP contribution is -2.48. The van der Waals surface area contributed by atoms with E-state index in [1.54, 1.807) is 0 Å². The first-order valence-corrected chi connectivity index (χ1v) is 9.64. The van der Waals surface area contributed by atoms with Crippen LogP contribution >= 0.6 is 12.6 Å². The van der Waals surface area contributed by atoms with Crippen molar-refractivity contribution in [3.05, 3.63) is 0 Å². The van der Waals surface area contributed by atoms with Crippen LogP contribution in [0.5, 0.6) is 0 Å². The second-order valence-corrected chi connectivity index (χ2v) is 8.99. The van der Waals surface area contributed by atoms with E-state index >= 15 is 0 Å². The van der Waals surface area contributed by atoms with Crippen molar-refractivity contribution in [2.75, 3.05) is 45.9 Å². The molecule has 1 saturated carbocycles. The summed E-state index contributed by atoms with van der Waals surface area (Å²) >= 11 is 4.77. The summed E-state index contributed by atoms with van der Waals surface area (Å²) in [5.74, 6) is 0.786. The second-order valence-electron chi connectivity index (χ2n) is 8.26. The molecule has 1 heterocycles. The second kappa shape index (κ2) is 8.36. The summed E-state index contributed by atoms with van der Waals surface area (Å²) in [7, 11) is 0. The predicted octanol–water partition coefficient (Wildman–Crippen LogP) is 3.15. The molecule has 0 aromatic rings. The van der Waals surface area contributed by atoms with Crippen LogP contribution in [-0.4, -0.2) is 67.0 Å². The zero-order valence-corrected chi connectivity index (χ0v) is 15.9. The number of rotatable bonds is 6. The van der Waals surface area contributed by atoms with E-state index in [9.17, 15) is 0 Å². The highest BCUT2D eigenvalue weighted by molar-refractivity contribution is 7.81. The molecule has 2 rings (SSSR count). The van der Waals surface area contributed by atoms with E-state index in [0.29, 0.717) is 16.8 Å². The minimum atomic E-state index is 0.341. The van der Waals surface area contributed by atoms with Gasteiger partial charge < -0.3 is 9.64 Å². The number of hydrogen-bond acceptors (Lipinski definition) is 4. The van der Waals surface area contributed by atoms with Crippen molar-refractivity contribution in [3.8, 4) is 0 Å². The first-order chi connectivity index (χ1) is 10.4. The molecule has 0 spiro atoms. The summed E-state index contributed by atoms with van der Waals surface area (Å²) in [6, 6.07) is 0. The fraction of sp³-hybridized carbons (Fsp3) is 1.00. The minimum Gasteiger partial charge on any atom is -0.377 e. The van der Waals surface area contributed by atoms with Crippen molar-refractivity contribution in [2.45, 2.75) is 58.3 Å². The van der Waals surface area contributed by atoms with Gasteiger partial charge in [-0.2, -0.15) is 12.6 Å². The van der Waals surface area contributed by atoms with Crippen molar-refractivity contribution < 1.29 is 4.74 Å². The van der Waals surface area contributed by atoms with Gasteiger partial charge in [0.2, 0.25) is 0 Å². The van der Waals surface area contributed by atoms with Gasteiger partial charge in [-0.3, -0.25) is 4.90 Å². The Balaban J connectivity index is 1.66. The fourth-order valence-electron chi connectivity index (χ4n) is 4.27. The molecule has 22 heavy (non-hydrogen) atoms. The van der Waals surface area contributed by atoms with Crippen LogP contribution in [0.15, 0.2) is 0 Å². The molecule has 0 aromatic carbocycles. The smallest absolute Gasteiger partial charge is 0.0598 e. The molecule has 0 amide bonds. The molecule has 1 aliphatic heterocycles. The summed E-state index contributed by atoms with van der Waals surface area (Å²) in [6.45, 7) is 17.2. The molecule has 0 N–H and O–H groups in total. The van der Waals surface area contributed by atoms with Crippen LogP contribution in [0.25, 0.3) is 0 Å². The summed E-state index contributed by atoms with van der Waals surface area (Å²) in [5, 5.41) is 0.341. The Kier molecular flexibility index (Phi) is 7.06. The van der Waals surface area contributed by atoms with Crippen LogP contribution < -0.4 is 0 Å². The van der Waals surface area contributed by atoms with Crippen LogP contribution in [0.4, 0.5) is 0 Å². The number of nitrogens with zero attached hydrogens (tertiary/aromatic N) is 2. The first kappa shape index (κ1) is 18.6. The molecule has 3 nitrogen and oxygen atoms in total. The zero-order valence-electron chi connectivity index (χ0n) is 15.1. The molecule has 3 atom stereocenters. The molecular formula is C18H36N2OS. The number of thiol groups is 1. The van der Waals surface area contributed by atoms with Crippen LogP contribution in [0.2, 0.25) is 0 Å². The van der Waals surface area contributed by atoms with Crippen molar-refractivity contribution in [3.63, 3.8) is 0 Å². The van der Waals surface area contributed by atoms with Gasteiger partial charge in [-0.1, -0.05) is 27.7 Å². The lowest BCUT2D eigenvalue weighted by Gasteiger charge is -2.39. The van der Waals surface area contributed by atoms with Gasteiger partial charge in [0.15, 0.2) is 0 Å². The Hall–Kier alpha value is 0.230. The van der Waals surface area contributed by atoms with E-state index in [4.69, 9.17) is 17.4 Å². The van der Waals surface area contributed by atoms with E-state index in [1.165, 1.54) is 52.0 Å². The minimum absolute atomic E-state index is 0.341. The topological polar surface area (TPSA) is 15.7 Å². The standard InChI is InChI=1S/C18H36N2OS/c1-5-19-6-8-20(9-7-19)13-17(22)14-21-16-10-15(2)11-18(3,4)12-16/h15-17,22H,5-14H2,1-4H3/t15-,16+,17+/m1/s1. The van der Waals surface area contributed by atoms with Crippen molar-refractivity contribution >= 4 is 12.6 Å². The average Bonchev–Trinajstić information content (AvgIpc) is 2.44. The Labute approximate surface area is 143 Å². The Bertz CT molecular complexity index is 329. The van der Waals surface area contributed by atoms with Crippen molar-refractivity contribution in [1.29, 1.82) is 0 Å². The summed E-state index contributed by atoms with van der Waals surface area (Å²) < 4.78 is 6.22. The van der Waals surface area contributed by atoms with Gasteiger partial charge in [0.25, 0.3) is 0 Å². The fourth-order valence-corrected chi connectivity index (χ4v) is 4.59. The number of piperazine rings is 1. The molecular weight excluding hydrogens is 292 g/mol. The molecule has 4 heteroatoms. The van der Waals surface area contributed by atoms with Gasteiger partial charge in [-0.15, -0.1) is 0 Å². The lowest BCUT2D eigenvalue weighted by molar-refractivity contribution is -0.0243. The first-order valence-electron chi connectivity index (χ1n) is 9.12. The van der Waals surface area contributed by atoms with E-state index in [2.05, 4.69) is 37.5 Å². The van der Waals surface area contributed by atoms with E-state index in [-0.39, 0.29) is 0 Å². The predicted molar refractivity (Wildman–Crippen MR) is 97.9 cm³/mol. The lowest BCUT2D eigenvalue weighted by atomic mass is 9.71. The van der Waals surface area contributed by atoms with Crippen LogP contribution in [-0.2, 0) is 4.74 Å². The Morgan fingerprint density at radius 3 is 2.36 bits per heavy atom. The largest absolute Gasteiger partial charge is 0.377 e. The highest BCUT2D eigenvalue weighted by Crippen LogP contribution is 2.39. The summed E-state index contributed by atoms with van der Waals surface area (Å²) in [4.78, 5) is 5.06. The molecule has 1 aliphatic carbocycles. The third-order valence-corrected chi connectivity index (χ3v) is 5.56. The van der Waals surface area contributed by atoms with E-state index in [0.717, 1.165) is 19.1 Å². The molecule has 0 aromatic heterocycles. The van der Waals surface area contributed by atoms with E-state index < -0.39 is 0 Å². The normalized spacial score (nSPS) is 32.0. The SMILES string of the molecule is CCN1CCN(C[C@H](S)CO[C@H]2C[C@@H](C)CC(C)(C)C2)CC1. The molecule has 1 saturated heterocycles. The monoisotopic (exact) mass is 328 g/mol. The van der Waals surface area contributed by atoms with Gasteiger partial charge >= 0.3 is 0 Å².